The second-order valence-electron chi connectivity index (χ2n) is 5.36. The predicted octanol–water partition coefficient (Wildman–Crippen LogP) is 2.51. The van der Waals surface area contributed by atoms with Gasteiger partial charge >= 0.3 is 6.18 Å². The number of alkyl halides is 3. The Morgan fingerprint density at radius 1 is 1.27 bits per heavy atom. The molecule has 1 N–H and O–H groups in total. The Morgan fingerprint density at radius 2 is 2.00 bits per heavy atom. The number of fused-ring (bicyclic) bond motifs is 1. The monoisotopic (exact) mass is 316 g/mol. The van der Waals surface area contributed by atoms with Gasteiger partial charge in [-0.05, 0) is 25.0 Å². The van der Waals surface area contributed by atoms with Crippen molar-refractivity contribution in [3.05, 3.63) is 29.7 Å². The van der Waals surface area contributed by atoms with E-state index in [1.54, 1.807) is 7.11 Å². The summed E-state index contributed by atoms with van der Waals surface area (Å²) in [5.41, 5.74) is -0.329. The van der Waals surface area contributed by atoms with Crippen LogP contribution in [0.25, 0.3) is 5.65 Å². The zero-order valence-corrected chi connectivity index (χ0v) is 12.7. The number of rotatable bonds is 6. The standard InChI is InChI=1S/C14H19F3N4O/c1-9(8-22-3)10(2)18-6-13-20-19-12-5-4-11(7-21(12)13)14(15,16)17/h4-5,7,9-10,18H,6,8H2,1-3H3/t9-,10-/m0/s1. The Morgan fingerprint density at radius 3 is 2.64 bits per heavy atom. The van der Waals surface area contributed by atoms with Gasteiger partial charge in [0.15, 0.2) is 11.5 Å². The minimum atomic E-state index is -4.39. The largest absolute Gasteiger partial charge is 0.417 e. The lowest BCUT2D eigenvalue weighted by atomic mass is 10.1. The molecule has 0 bridgehead atoms. The summed E-state index contributed by atoms with van der Waals surface area (Å²) in [6.07, 6.45) is -3.36. The van der Waals surface area contributed by atoms with Crippen molar-refractivity contribution in [3.8, 4) is 0 Å². The molecule has 2 heterocycles. The first-order chi connectivity index (χ1) is 10.3. The van der Waals surface area contributed by atoms with Crippen LogP contribution in [0.1, 0.15) is 25.2 Å². The second kappa shape index (κ2) is 6.62. The zero-order chi connectivity index (χ0) is 16.3. The van der Waals surface area contributed by atoms with Crippen LogP contribution in [0.3, 0.4) is 0 Å². The first-order valence-corrected chi connectivity index (χ1v) is 6.96. The Kier molecular flexibility index (Phi) is 5.02. The fraction of sp³-hybridized carbons (Fsp3) is 0.571. The number of pyridine rings is 1. The molecule has 0 amide bonds. The highest BCUT2D eigenvalue weighted by Gasteiger charge is 2.31. The molecule has 2 atom stereocenters. The van der Waals surface area contributed by atoms with E-state index in [1.165, 1.54) is 10.5 Å². The van der Waals surface area contributed by atoms with Crippen LogP contribution in [-0.2, 0) is 17.5 Å². The summed E-state index contributed by atoms with van der Waals surface area (Å²) in [5.74, 6) is 0.715. The normalized spacial score (nSPS) is 15.2. The Balaban J connectivity index is 2.14. The smallest absolute Gasteiger partial charge is 0.384 e. The molecule has 0 unspecified atom stereocenters. The molecule has 2 aromatic rings. The third kappa shape index (κ3) is 3.75. The third-order valence-electron chi connectivity index (χ3n) is 3.67. The summed E-state index contributed by atoms with van der Waals surface area (Å²) in [5, 5.41) is 11.1. The maximum Gasteiger partial charge on any atom is 0.417 e. The molecule has 22 heavy (non-hydrogen) atoms. The molecule has 0 aliphatic carbocycles. The van der Waals surface area contributed by atoms with Crippen LogP contribution in [0.5, 0.6) is 0 Å². The van der Waals surface area contributed by atoms with Gasteiger partial charge in [-0.15, -0.1) is 10.2 Å². The van der Waals surface area contributed by atoms with Crippen molar-refractivity contribution in [2.75, 3.05) is 13.7 Å². The average molecular weight is 316 g/mol. The van der Waals surface area contributed by atoms with Gasteiger partial charge in [0.25, 0.3) is 0 Å². The van der Waals surface area contributed by atoms with E-state index < -0.39 is 11.7 Å². The van der Waals surface area contributed by atoms with Crippen molar-refractivity contribution in [1.82, 2.24) is 19.9 Å². The van der Waals surface area contributed by atoms with Crippen molar-refractivity contribution in [2.45, 2.75) is 32.6 Å². The number of hydrogen-bond donors (Lipinski definition) is 1. The maximum atomic E-state index is 12.8. The van der Waals surface area contributed by atoms with Gasteiger partial charge in [-0.1, -0.05) is 6.92 Å². The van der Waals surface area contributed by atoms with Crippen LogP contribution >= 0.6 is 0 Å². The molecule has 0 fully saturated rings. The van der Waals surface area contributed by atoms with E-state index >= 15 is 0 Å². The lowest BCUT2D eigenvalue weighted by Gasteiger charge is -2.20. The molecule has 122 valence electrons. The lowest BCUT2D eigenvalue weighted by Crippen LogP contribution is -2.34. The summed E-state index contributed by atoms with van der Waals surface area (Å²) in [6.45, 7) is 4.96. The molecule has 0 aromatic carbocycles. The molecule has 0 saturated carbocycles. The summed E-state index contributed by atoms with van der Waals surface area (Å²) in [6, 6.07) is 2.46. The molecule has 2 aromatic heterocycles. The van der Waals surface area contributed by atoms with Crippen LogP contribution in [0.2, 0.25) is 0 Å². The fourth-order valence-corrected chi connectivity index (χ4v) is 2.09. The Labute approximate surface area is 126 Å². The van der Waals surface area contributed by atoms with Crippen molar-refractivity contribution in [2.24, 2.45) is 5.92 Å². The number of nitrogens with zero attached hydrogens (tertiary/aromatic N) is 3. The van der Waals surface area contributed by atoms with Gasteiger partial charge < -0.3 is 10.1 Å². The topological polar surface area (TPSA) is 51.5 Å². The van der Waals surface area contributed by atoms with E-state index in [0.717, 1.165) is 12.3 Å². The zero-order valence-electron chi connectivity index (χ0n) is 12.7. The van der Waals surface area contributed by atoms with Gasteiger partial charge in [-0.25, -0.2) is 0 Å². The number of nitrogens with one attached hydrogen (secondary N) is 1. The van der Waals surface area contributed by atoms with E-state index in [9.17, 15) is 13.2 Å². The van der Waals surface area contributed by atoms with E-state index in [1.807, 2.05) is 13.8 Å². The van der Waals surface area contributed by atoms with Gasteiger partial charge in [0, 0.05) is 19.3 Å². The highest BCUT2D eigenvalue weighted by atomic mass is 19.4. The number of aromatic nitrogens is 3. The van der Waals surface area contributed by atoms with Crippen LogP contribution in [0.4, 0.5) is 13.2 Å². The minimum Gasteiger partial charge on any atom is -0.384 e. The molecule has 0 aliphatic heterocycles. The molecular formula is C14H19F3N4O. The van der Waals surface area contributed by atoms with Gasteiger partial charge in [-0.3, -0.25) is 4.40 Å². The quantitative estimate of drug-likeness (QED) is 0.890. The summed E-state index contributed by atoms with van der Waals surface area (Å²) >= 11 is 0. The van der Waals surface area contributed by atoms with E-state index in [0.29, 0.717) is 24.6 Å². The number of ether oxygens (including phenoxy) is 1. The Hall–Kier alpha value is -1.67. The number of hydrogen-bond acceptors (Lipinski definition) is 4. The van der Waals surface area contributed by atoms with Gasteiger partial charge in [-0.2, -0.15) is 13.2 Å². The van der Waals surface area contributed by atoms with Gasteiger partial charge in [0.05, 0.1) is 18.7 Å². The van der Waals surface area contributed by atoms with Crippen LogP contribution in [0.15, 0.2) is 18.3 Å². The maximum absolute atomic E-state index is 12.8. The third-order valence-corrected chi connectivity index (χ3v) is 3.67. The fourth-order valence-electron chi connectivity index (χ4n) is 2.09. The molecule has 2 rings (SSSR count). The van der Waals surface area contributed by atoms with Crippen molar-refractivity contribution >= 4 is 5.65 Å². The average Bonchev–Trinajstić information content (AvgIpc) is 2.86. The summed E-state index contributed by atoms with van der Waals surface area (Å²) in [4.78, 5) is 0. The SMILES string of the molecule is COC[C@H](C)[C@H](C)NCc1nnc2ccc(C(F)(F)F)cn12. The van der Waals surface area contributed by atoms with E-state index in [4.69, 9.17) is 4.74 Å². The van der Waals surface area contributed by atoms with Gasteiger partial charge in [0.2, 0.25) is 0 Å². The van der Waals surface area contributed by atoms with E-state index in [2.05, 4.69) is 15.5 Å². The molecule has 0 radical (unpaired) electrons. The minimum absolute atomic E-state index is 0.137. The van der Waals surface area contributed by atoms with Gasteiger partial charge in [0.1, 0.15) is 0 Å². The van der Waals surface area contributed by atoms with Crippen LogP contribution < -0.4 is 5.32 Å². The molecule has 5 nitrogen and oxygen atoms in total. The highest BCUT2D eigenvalue weighted by molar-refractivity contribution is 5.40. The number of halogens is 3. The second-order valence-corrected chi connectivity index (χ2v) is 5.36. The summed E-state index contributed by atoms with van der Waals surface area (Å²) in [7, 11) is 1.63. The van der Waals surface area contributed by atoms with E-state index in [-0.39, 0.29) is 12.0 Å². The highest BCUT2D eigenvalue weighted by Crippen LogP contribution is 2.29. The molecule has 0 spiro atoms. The molecule has 8 heteroatoms. The molecule has 0 aliphatic rings. The van der Waals surface area contributed by atoms with Crippen molar-refractivity contribution in [1.29, 1.82) is 0 Å². The van der Waals surface area contributed by atoms with Crippen molar-refractivity contribution in [3.63, 3.8) is 0 Å². The molecule has 0 saturated heterocycles. The molecular weight excluding hydrogens is 297 g/mol. The lowest BCUT2D eigenvalue weighted by molar-refractivity contribution is -0.137. The first-order valence-electron chi connectivity index (χ1n) is 6.96. The summed E-state index contributed by atoms with van der Waals surface area (Å²) < 4.78 is 44.8. The number of methoxy groups -OCH3 is 1. The predicted molar refractivity (Wildman–Crippen MR) is 75.3 cm³/mol. The first kappa shape index (κ1) is 16.7. The van der Waals surface area contributed by atoms with Crippen molar-refractivity contribution < 1.29 is 17.9 Å². The van der Waals surface area contributed by atoms with Crippen LogP contribution in [0, 0.1) is 5.92 Å². The Bertz CT molecular complexity index is 626. The van der Waals surface area contributed by atoms with Crippen LogP contribution in [-0.4, -0.2) is 34.4 Å².